The number of nitrogens with one attached hydrogen (secondary N) is 1. The van der Waals surface area contributed by atoms with Crippen LogP contribution < -0.4 is 10.2 Å². The van der Waals surface area contributed by atoms with Crippen LogP contribution in [0.3, 0.4) is 0 Å². The van der Waals surface area contributed by atoms with Gasteiger partial charge in [-0.3, -0.25) is 0 Å². The molecule has 0 aromatic heterocycles. The Kier molecular flexibility index (Phi) is 6.56. The quantitative estimate of drug-likeness (QED) is 0.902. The number of aryl methyl sites for hydroxylation is 1. The molecule has 2 aromatic rings. The van der Waals surface area contributed by atoms with E-state index in [1.165, 1.54) is 22.4 Å². The van der Waals surface area contributed by atoms with Crippen molar-refractivity contribution >= 4 is 18.1 Å². The second kappa shape index (κ2) is 7.93. The van der Waals surface area contributed by atoms with Crippen molar-refractivity contribution in [2.45, 2.75) is 20.0 Å². The van der Waals surface area contributed by atoms with Crippen molar-refractivity contribution in [3.63, 3.8) is 0 Å². The first-order valence-corrected chi connectivity index (χ1v) is 6.67. The molecule has 0 aliphatic heterocycles. The van der Waals surface area contributed by atoms with E-state index in [0.717, 1.165) is 13.1 Å². The minimum absolute atomic E-state index is 0. The lowest BCUT2D eigenvalue weighted by Gasteiger charge is -2.13. The third kappa shape index (κ3) is 4.87. The van der Waals surface area contributed by atoms with Gasteiger partial charge in [0, 0.05) is 32.9 Å². The summed E-state index contributed by atoms with van der Waals surface area (Å²) in [7, 11) is 4.12. The summed E-state index contributed by atoms with van der Waals surface area (Å²) >= 11 is 0. The van der Waals surface area contributed by atoms with Gasteiger partial charge in [-0.2, -0.15) is 0 Å². The van der Waals surface area contributed by atoms with Crippen LogP contribution in [0.15, 0.2) is 48.5 Å². The van der Waals surface area contributed by atoms with E-state index in [2.05, 4.69) is 79.8 Å². The highest BCUT2D eigenvalue weighted by molar-refractivity contribution is 5.85. The first kappa shape index (κ1) is 16.5. The Morgan fingerprint density at radius 1 is 0.800 bits per heavy atom. The third-order valence-corrected chi connectivity index (χ3v) is 3.23. The summed E-state index contributed by atoms with van der Waals surface area (Å²) in [6.45, 7) is 3.93. The van der Waals surface area contributed by atoms with Crippen molar-refractivity contribution in [2.75, 3.05) is 19.0 Å². The van der Waals surface area contributed by atoms with Crippen molar-refractivity contribution in [2.24, 2.45) is 0 Å². The molecule has 0 saturated carbocycles. The van der Waals surface area contributed by atoms with Gasteiger partial charge in [0.1, 0.15) is 0 Å². The van der Waals surface area contributed by atoms with E-state index in [-0.39, 0.29) is 12.4 Å². The summed E-state index contributed by atoms with van der Waals surface area (Å²) < 4.78 is 0. The Hall–Kier alpha value is -1.51. The van der Waals surface area contributed by atoms with E-state index in [4.69, 9.17) is 0 Å². The zero-order chi connectivity index (χ0) is 13.7. The highest BCUT2D eigenvalue weighted by Crippen LogP contribution is 2.12. The van der Waals surface area contributed by atoms with Crippen LogP contribution in [-0.4, -0.2) is 14.1 Å². The smallest absolute Gasteiger partial charge is 0.0361 e. The van der Waals surface area contributed by atoms with Gasteiger partial charge in [-0.05, 0) is 30.2 Å². The van der Waals surface area contributed by atoms with E-state index >= 15 is 0 Å². The number of anilines is 1. The highest BCUT2D eigenvalue weighted by Gasteiger charge is 1.97. The zero-order valence-electron chi connectivity index (χ0n) is 12.4. The first-order chi connectivity index (χ1) is 9.15. The van der Waals surface area contributed by atoms with Crippen molar-refractivity contribution in [1.29, 1.82) is 0 Å². The molecule has 0 heterocycles. The van der Waals surface area contributed by atoms with Crippen LogP contribution >= 0.6 is 12.4 Å². The molecule has 2 rings (SSSR count). The van der Waals surface area contributed by atoms with Gasteiger partial charge in [0.25, 0.3) is 0 Å². The largest absolute Gasteiger partial charge is 0.378 e. The number of rotatable bonds is 5. The maximum atomic E-state index is 3.47. The fourth-order valence-corrected chi connectivity index (χ4v) is 1.97. The van der Waals surface area contributed by atoms with E-state index in [1.54, 1.807) is 0 Å². The molecule has 0 bridgehead atoms. The lowest BCUT2D eigenvalue weighted by molar-refractivity contribution is 0.693. The summed E-state index contributed by atoms with van der Waals surface area (Å²) in [4.78, 5) is 2.11. The summed E-state index contributed by atoms with van der Waals surface area (Å²) in [6, 6.07) is 17.3. The van der Waals surface area contributed by atoms with Gasteiger partial charge in [0.05, 0.1) is 0 Å². The summed E-state index contributed by atoms with van der Waals surface area (Å²) in [5.74, 6) is 0. The van der Waals surface area contributed by atoms with Crippen LogP contribution in [0.5, 0.6) is 0 Å². The molecule has 2 aromatic carbocycles. The molecule has 0 radical (unpaired) electrons. The first-order valence-electron chi connectivity index (χ1n) is 6.67. The minimum Gasteiger partial charge on any atom is -0.378 e. The van der Waals surface area contributed by atoms with Crippen molar-refractivity contribution in [3.8, 4) is 0 Å². The normalized spacial score (nSPS) is 9.95. The topological polar surface area (TPSA) is 15.3 Å². The van der Waals surface area contributed by atoms with Gasteiger partial charge in [0.15, 0.2) is 0 Å². The van der Waals surface area contributed by atoms with Gasteiger partial charge in [-0.1, -0.05) is 42.0 Å². The van der Waals surface area contributed by atoms with Crippen LogP contribution in [0, 0.1) is 6.92 Å². The van der Waals surface area contributed by atoms with Crippen molar-refractivity contribution < 1.29 is 0 Å². The van der Waals surface area contributed by atoms with E-state index in [0.29, 0.717) is 0 Å². The molecule has 108 valence electrons. The number of nitrogens with zero attached hydrogens (tertiary/aromatic N) is 1. The second-order valence-electron chi connectivity index (χ2n) is 5.15. The van der Waals surface area contributed by atoms with E-state index < -0.39 is 0 Å². The maximum Gasteiger partial charge on any atom is 0.0361 e. The molecule has 1 N–H and O–H groups in total. The van der Waals surface area contributed by atoms with E-state index in [1.807, 2.05) is 0 Å². The fraction of sp³-hybridized carbons (Fsp3) is 0.294. The Bertz CT molecular complexity index is 504. The molecule has 0 atom stereocenters. The highest BCUT2D eigenvalue weighted by atomic mass is 35.5. The van der Waals surface area contributed by atoms with Crippen molar-refractivity contribution in [3.05, 3.63) is 65.2 Å². The fourth-order valence-electron chi connectivity index (χ4n) is 1.97. The molecular formula is C17H23ClN2. The predicted octanol–water partition coefficient (Wildman–Crippen LogP) is 3.77. The average molecular weight is 291 g/mol. The van der Waals surface area contributed by atoms with Gasteiger partial charge >= 0.3 is 0 Å². The molecule has 0 aliphatic rings. The molecule has 2 nitrogen and oxygen atoms in total. The Balaban J connectivity index is 0.00000200. The number of hydrogen-bond donors (Lipinski definition) is 1. The summed E-state index contributed by atoms with van der Waals surface area (Å²) in [5, 5.41) is 3.47. The lowest BCUT2D eigenvalue weighted by atomic mass is 10.1. The number of halogens is 1. The average Bonchev–Trinajstić information content (AvgIpc) is 2.41. The molecule has 0 amide bonds. The van der Waals surface area contributed by atoms with Crippen LogP contribution in [0.2, 0.25) is 0 Å². The second-order valence-corrected chi connectivity index (χ2v) is 5.15. The maximum absolute atomic E-state index is 3.47. The molecular weight excluding hydrogens is 268 g/mol. The van der Waals surface area contributed by atoms with Crippen LogP contribution in [0.4, 0.5) is 5.69 Å². The Morgan fingerprint density at radius 2 is 1.25 bits per heavy atom. The Morgan fingerprint density at radius 3 is 1.70 bits per heavy atom. The van der Waals surface area contributed by atoms with Crippen molar-refractivity contribution in [1.82, 2.24) is 5.32 Å². The molecule has 3 heteroatoms. The van der Waals surface area contributed by atoms with E-state index in [9.17, 15) is 0 Å². The number of hydrogen-bond acceptors (Lipinski definition) is 2. The predicted molar refractivity (Wildman–Crippen MR) is 89.7 cm³/mol. The molecule has 0 fully saturated rings. The Labute approximate surface area is 128 Å². The standard InChI is InChI=1S/C17H22N2.ClH/c1-14-4-6-15(7-5-14)12-18-13-16-8-10-17(11-9-16)19(2)3;/h4-11,18H,12-13H2,1-3H3;1H. The molecule has 0 unspecified atom stereocenters. The molecule has 0 spiro atoms. The van der Waals surface area contributed by atoms with Crippen LogP contribution in [-0.2, 0) is 13.1 Å². The third-order valence-electron chi connectivity index (χ3n) is 3.23. The van der Waals surface area contributed by atoms with Crippen LogP contribution in [0.25, 0.3) is 0 Å². The number of benzene rings is 2. The van der Waals surface area contributed by atoms with Gasteiger partial charge in [-0.15, -0.1) is 12.4 Å². The van der Waals surface area contributed by atoms with Crippen LogP contribution in [0.1, 0.15) is 16.7 Å². The van der Waals surface area contributed by atoms with Gasteiger partial charge in [0.2, 0.25) is 0 Å². The SMILES string of the molecule is Cc1ccc(CNCc2ccc(N(C)C)cc2)cc1.Cl. The molecule has 20 heavy (non-hydrogen) atoms. The molecule has 0 aliphatic carbocycles. The summed E-state index contributed by atoms with van der Waals surface area (Å²) in [6.07, 6.45) is 0. The molecule has 0 saturated heterocycles. The van der Waals surface area contributed by atoms with Gasteiger partial charge < -0.3 is 10.2 Å². The minimum atomic E-state index is 0. The monoisotopic (exact) mass is 290 g/mol. The van der Waals surface area contributed by atoms with Gasteiger partial charge in [-0.25, -0.2) is 0 Å². The lowest BCUT2D eigenvalue weighted by Crippen LogP contribution is -2.13. The summed E-state index contributed by atoms with van der Waals surface area (Å²) in [5.41, 5.74) is 5.19. The zero-order valence-corrected chi connectivity index (χ0v) is 13.2.